The monoisotopic (exact) mass is 332 g/mol. The molecule has 0 radical (unpaired) electrons. The Bertz CT molecular complexity index is 631. The van der Waals surface area contributed by atoms with Crippen molar-refractivity contribution in [1.82, 2.24) is 15.3 Å². The van der Waals surface area contributed by atoms with Crippen molar-refractivity contribution in [2.24, 2.45) is 5.92 Å². The maximum atomic E-state index is 4.57. The number of rotatable bonds is 1. The summed E-state index contributed by atoms with van der Waals surface area (Å²) in [5, 5.41) is 3.65. The highest BCUT2D eigenvalue weighted by Gasteiger charge is 2.34. The quantitative estimate of drug-likeness (QED) is 0.871. The lowest BCUT2D eigenvalue weighted by atomic mass is 9.94. The molecule has 0 amide bonds. The molecule has 4 heterocycles. The van der Waals surface area contributed by atoms with E-state index in [1.807, 2.05) is 18.5 Å². The Morgan fingerprint density at radius 1 is 1.30 bits per heavy atom. The second-order valence-corrected chi connectivity index (χ2v) is 6.63. The van der Waals surface area contributed by atoms with Gasteiger partial charge in [-0.15, -0.1) is 0 Å². The molecule has 4 nitrogen and oxygen atoms in total. The zero-order valence-electron chi connectivity index (χ0n) is 11.2. The number of pyridine rings is 2. The summed E-state index contributed by atoms with van der Waals surface area (Å²) in [5.74, 6) is 0.780. The average Bonchev–Trinajstić information content (AvgIpc) is 2.90. The van der Waals surface area contributed by atoms with E-state index in [1.54, 1.807) is 0 Å². The van der Waals surface area contributed by atoms with Gasteiger partial charge in [0.1, 0.15) is 5.52 Å². The van der Waals surface area contributed by atoms with Gasteiger partial charge in [-0.3, -0.25) is 9.97 Å². The van der Waals surface area contributed by atoms with Gasteiger partial charge >= 0.3 is 0 Å². The third kappa shape index (κ3) is 2.09. The zero-order valence-corrected chi connectivity index (χ0v) is 12.8. The van der Waals surface area contributed by atoms with E-state index in [0.29, 0.717) is 6.04 Å². The van der Waals surface area contributed by atoms with Crippen molar-refractivity contribution >= 4 is 32.7 Å². The van der Waals surface area contributed by atoms with Gasteiger partial charge in [-0.2, -0.15) is 0 Å². The molecular formula is C15H17BrN4. The second kappa shape index (κ2) is 4.97. The number of aromatic nitrogens is 2. The van der Waals surface area contributed by atoms with Crippen LogP contribution in [0.15, 0.2) is 29.0 Å². The van der Waals surface area contributed by atoms with E-state index in [4.69, 9.17) is 0 Å². The third-order valence-corrected chi connectivity index (χ3v) is 4.90. The molecule has 20 heavy (non-hydrogen) atoms. The van der Waals surface area contributed by atoms with Crippen molar-refractivity contribution in [1.29, 1.82) is 0 Å². The number of hydrogen-bond acceptors (Lipinski definition) is 4. The summed E-state index contributed by atoms with van der Waals surface area (Å²) in [6, 6.07) is 4.77. The summed E-state index contributed by atoms with van der Waals surface area (Å²) < 4.78 is 0.978. The molecule has 104 valence electrons. The Labute approximate surface area is 126 Å². The van der Waals surface area contributed by atoms with Crippen LogP contribution in [0.3, 0.4) is 0 Å². The van der Waals surface area contributed by atoms with Crippen LogP contribution in [0.4, 0.5) is 5.69 Å². The largest absolute Gasteiger partial charge is 0.368 e. The van der Waals surface area contributed by atoms with Crippen molar-refractivity contribution in [3.63, 3.8) is 0 Å². The summed E-state index contributed by atoms with van der Waals surface area (Å²) in [5.41, 5.74) is 3.19. The molecule has 0 spiro atoms. The molecule has 5 heteroatoms. The number of anilines is 1. The predicted molar refractivity (Wildman–Crippen MR) is 84.0 cm³/mol. The molecule has 0 bridgehead atoms. The Kier molecular flexibility index (Phi) is 3.11. The fraction of sp³-hybridized carbons (Fsp3) is 0.467. The van der Waals surface area contributed by atoms with E-state index in [0.717, 1.165) is 41.1 Å². The Morgan fingerprint density at radius 3 is 3.15 bits per heavy atom. The molecule has 0 saturated carbocycles. The molecule has 0 aliphatic carbocycles. The Balaban J connectivity index is 1.72. The minimum absolute atomic E-state index is 0.641. The van der Waals surface area contributed by atoms with Crippen molar-refractivity contribution < 1.29 is 0 Å². The van der Waals surface area contributed by atoms with Crippen molar-refractivity contribution in [3.05, 3.63) is 29.0 Å². The molecule has 2 aromatic heterocycles. The van der Waals surface area contributed by atoms with E-state index in [2.05, 4.69) is 42.2 Å². The van der Waals surface area contributed by atoms with Crippen LogP contribution < -0.4 is 10.2 Å². The number of halogens is 1. The first-order chi connectivity index (χ1) is 9.81. The van der Waals surface area contributed by atoms with Crippen LogP contribution in [0.5, 0.6) is 0 Å². The summed E-state index contributed by atoms with van der Waals surface area (Å²) >= 11 is 3.46. The lowest BCUT2D eigenvalue weighted by molar-refractivity contribution is 0.340. The molecule has 2 aliphatic rings. The SMILES string of the molecule is Brc1cnc2c(N3CC4CCCNC4C3)ccnc2c1. The van der Waals surface area contributed by atoms with Crippen LogP contribution in [0.25, 0.3) is 11.0 Å². The van der Waals surface area contributed by atoms with E-state index >= 15 is 0 Å². The third-order valence-electron chi connectivity index (χ3n) is 4.46. The van der Waals surface area contributed by atoms with Gasteiger partial charge < -0.3 is 10.2 Å². The normalized spacial score (nSPS) is 25.9. The molecule has 0 aromatic carbocycles. The molecule has 2 aliphatic heterocycles. The van der Waals surface area contributed by atoms with Gasteiger partial charge in [0.05, 0.1) is 11.2 Å². The molecular weight excluding hydrogens is 316 g/mol. The molecule has 2 saturated heterocycles. The first kappa shape index (κ1) is 12.5. The number of piperidine rings is 1. The maximum Gasteiger partial charge on any atom is 0.112 e. The first-order valence-electron chi connectivity index (χ1n) is 7.20. The van der Waals surface area contributed by atoms with Crippen LogP contribution in [0, 0.1) is 5.92 Å². The minimum atomic E-state index is 0.641. The zero-order chi connectivity index (χ0) is 13.5. The number of hydrogen-bond donors (Lipinski definition) is 1. The number of nitrogens with zero attached hydrogens (tertiary/aromatic N) is 3. The lowest BCUT2D eigenvalue weighted by Gasteiger charge is -2.24. The first-order valence-corrected chi connectivity index (χ1v) is 7.99. The number of fused-ring (bicyclic) bond motifs is 2. The standard InChI is InChI=1S/C15H17BrN4/c16-11-6-12-15(19-7-11)14(3-5-18-12)20-8-10-2-1-4-17-13(10)9-20/h3,5-7,10,13,17H,1-2,4,8-9H2. The van der Waals surface area contributed by atoms with Crippen LogP contribution in [-0.4, -0.2) is 35.6 Å². The van der Waals surface area contributed by atoms with Crippen LogP contribution in [-0.2, 0) is 0 Å². The van der Waals surface area contributed by atoms with Gasteiger partial charge in [0.15, 0.2) is 0 Å². The number of nitrogens with one attached hydrogen (secondary N) is 1. The van der Waals surface area contributed by atoms with E-state index < -0.39 is 0 Å². The fourth-order valence-corrected chi connectivity index (χ4v) is 3.81. The molecule has 1 N–H and O–H groups in total. The van der Waals surface area contributed by atoms with Gasteiger partial charge in [0.25, 0.3) is 0 Å². The van der Waals surface area contributed by atoms with Crippen LogP contribution in [0.2, 0.25) is 0 Å². The summed E-state index contributed by atoms with van der Waals surface area (Å²) in [6.07, 6.45) is 6.39. The van der Waals surface area contributed by atoms with Gasteiger partial charge in [-0.25, -0.2) is 0 Å². The van der Waals surface area contributed by atoms with E-state index in [-0.39, 0.29) is 0 Å². The predicted octanol–water partition coefficient (Wildman–Crippen LogP) is 2.58. The molecule has 2 aromatic rings. The van der Waals surface area contributed by atoms with Gasteiger partial charge in [-0.1, -0.05) is 0 Å². The summed E-state index contributed by atoms with van der Waals surface area (Å²) in [6.45, 7) is 3.38. The fourth-order valence-electron chi connectivity index (χ4n) is 3.49. The summed E-state index contributed by atoms with van der Waals surface area (Å²) in [4.78, 5) is 11.5. The maximum absolute atomic E-state index is 4.57. The van der Waals surface area contributed by atoms with E-state index in [9.17, 15) is 0 Å². The average molecular weight is 333 g/mol. The summed E-state index contributed by atoms with van der Waals surface area (Å²) in [7, 11) is 0. The van der Waals surface area contributed by atoms with Gasteiger partial charge in [0.2, 0.25) is 0 Å². The van der Waals surface area contributed by atoms with Crippen LogP contribution >= 0.6 is 15.9 Å². The van der Waals surface area contributed by atoms with Crippen molar-refractivity contribution in [2.45, 2.75) is 18.9 Å². The van der Waals surface area contributed by atoms with E-state index in [1.165, 1.54) is 18.5 Å². The minimum Gasteiger partial charge on any atom is -0.368 e. The highest BCUT2D eigenvalue weighted by atomic mass is 79.9. The van der Waals surface area contributed by atoms with Crippen molar-refractivity contribution in [2.75, 3.05) is 24.5 Å². The molecule has 2 fully saturated rings. The lowest BCUT2D eigenvalue weighted by Crippen LogP contribution is -2.40. The second-order valence-electron chi connectivity index (χ2n) is 5.72. The van der Waals surface area contributed by atoms with Crippen molar-refractivity contribution in [3.8, 4) is 0 Å². The van der Waals surface area contributed by atoms with Gasteiger partial charge in [0, 0.05) is 36.0 Å². The highest BCUT2D eigenvalue weighted by molar-refractivity contribution is 9.10. The highest BCUT2D eigenvalue weighted by Crippen LogP contribution is 2.32. The topological polar surface area (TPSA) is 41.1 Å². The molecule has 2 atom stereocenters. The van der Waals surface area contributed by atoms with Crippen LogP contribution in [0.1, 0.15) is 12.8 Å². The molecule has 4 rings (SSSR count). The van der Waals surface area contributed by atoms with Gasteiger partial charge in [-0.05, 0) is 53.4 Å². The Hall–Kier alpha value is -1.20. The molecule has 2 unspecified atom stereocenters. The Morgan fingerprint density at radius 2 is 2.25 bits per heavy atom. The smallest absolute Gasteiger partial charge is 0.112 e.